The van der Waals surface area contributed by atoms with Crippen LogP contribution in [0.3, 0.4) is 0 Å². The average Bonchev–Trinajstić information content (AvgIpc) is 2.70. The predicted octanol–water partition coefficient (Wildman–Crippen LogP) is 8.79. The number of nitrogens with zero attached hydrogens (tertiary/aromatic N) is 1. The van der Waals surface area contributed by atoms with Gasteiger partial charge in [-0.2, -0.15) is 0 Å². The summed E-state index contributed by atoms with van der Waals surface area (Å²) in [6.45, 7) is 24.0. The zero-order valence-electron chi connectivity index (χ0n) is 21.5. The number of nitrogens with one attached hydrogen (secondary N) is 1. The lowest BCUT2D eigenvalue weighted by atomic mass is 9.91. The SMILES string of the molecule is C=C(C)CN(C(=O)Nc1c(C(C)C)cccc1C(C)C)c1c(C(C)C)cccc1C(C)C. The number of amides is 2. The van der Waals surface area contributed by atoms with Crippen molar-refractivity contribution in [2.75, 3.05) is 16.8 Å². The second kappa shape index (κ2) is 10.8. The minimum absolute atomic E-state index is 0.0991. The van der Waals surface area contributed by atoms with Crippen molar-refractivity contribution in [3.8, 4) is 0 Å². The van der Waals surface area contributed by atoms with Gasteiger partial charge in [0.25, 0.3) is 0 Å². The van der Waals surface area contributed by atoms with Gasteiger partial charge in [0.15, 0.2) is 0 Å². The number of carbonyl (C=O) groups excluding carboxylic acids is 1. The Morgan fingerprint density at radius 2 is 1.16 bits per heavy atom. The lowest BCUT2D eigenvalue weighted by Crippen LogP contribution is -2.38. The zero-order valence-corrected chi connectivity index (χ0v) is 21.5. The molecule has 174 valence electrons. The summed E-state index contributed by atoms with van der Waals surface area (Å²) >= 11 is 0. The fraction of sp³-hybridized carbons (Fsp3) is 0.483. The van der Waals surface area contributed by atoms with Gasteiger partial charge in [0.1, 0.15) is 0 Å². The van der Waals surface area contributed by atoms with Gasteiger partial charge in [-0.05, 0) is 52.8 Å². The molecule has 2 aromatic rings. The highest BCUT2D eigenvalue weighted by Gasteiger charge is 2.26. The van der Waals surface area contributed by atoms with Gasteiger partial charge in [-0.25, -0.2) is 4.79 Å². The Labute approximate surface area is 195 Å². The summed E-state index contributed by atoms with van der Waals surface area (Å²) in [7, 11) is 0. The molecule has 0 aliphatic carbocycles. The fourth-order valence-corrected chi connectivity index (χ4v) is 4.22. The van der Waals surface area contributed by atoms with Crippen molar-refractivity contribution in [1.82, 2.24) is 0 Å². The smallest absolute Gasteiger partial charge is 0.307 e. The Morgan fingerprint density at radius 3 is 1.50 bits per heavy atom. The quantitative estimate of drug-likeness (QED) is 0.414. The third kappa shape index (κ3) is 5.82. The molecule has 2 rings (SSSR count). The molecule has 2 amide bonds. The highest BCUT2D eigenvalue weighted by molar-refractivity contribution is 6.04. The van der Waals surface area contributed by atoms with Crippen molar-refractivity contribution in [3.05, 3.63) is 70.8 Å². The first kappa shape index (κ1) is 25.7. The molecule has 3 nitrogen and oxygen atoms in total. The Balaban J connectivity index is 2.66. The Kier molecular flexibility index (Phi) is 8.72. The molecule has 0 saturated heterocycles. The van der Waals surface area contributed by atoms with E-state index in [-0.39, 0.29) is 6.03 Å². The van der Waals surface area contributed by atoms with E-state index in [0.29, 0.717) is 30.2 Å². The molecule has 3 heteroatoms. The first-order chi connectivity index (χ1) is 15.0. The van der Waals surface area contributed by atoms with Crippen molar-refractivity contribution < 1.29 is 4.79 Å². The van der Waals surface area contributed by atoms with E-state index in [4.69, 9.17) is 0 Å². The molecule has 2 aromatic carbocycles. The molecule has 0 saturated carbocycles. The first-order valence-electron chi connectivity index (χ1n) is 11.9. The second-order valence-corrected chi connectivity index (χ2v) is 10.2. The van der Waals surface area contributed by atoms with E-state index in [1.807, 2.05) is 11.8 Å². The Hall–Kier alpha value is -2.55. The van der Waals surface area contributed by atoms with E-state index in [0.717, 1.165) is 16.9 Å². The van der Waals surface area contributed by atoms with E-state index in [2.05, 4.69) is 104 Å². The summed E-state index contributed by atoms with van der Waals surface area (Å²) in [5, 5.41) is 3.32. The van der Waals surface area contributed by atoms with Gasteiger partial charge < -0.3 is 5.32 Å². The van der Waals surface area contributed by atoms with Crippen LogP contribution in [0.15, 0.2) is 48.6 Å². The number of carbonyl (C=O) groups is 1. The van der Waals surface area contributed by atoms with Crippen molar-refractivity contribution in [3.63, 3.8) is 0 Å². The van der Waals surface area contributed by atoms with Crippen LogP contribution in [-0.4, -0.2) is 12.6 Å². The van der Waals surface area contributed by atoms with Gasteiger partial charge in [-0.1, -0.05) is 104 Å². The van der Waals surface area contributed by atoms with Crippen molar-refractivity contribution in [1.29, 1.82) is 0 Å². The molecule has 0 heterocycles. The monoisotopic (exact) mass is 434 g/mol. The zero-order chi connectivity index (χ0) is 24.2. The third-order valence-corrected chi connectivity index (χ3v) is 5.89. The van der Waals surface area contributed by atoms with Crippen LogP contribution >= 0.6 is 0 Å². The van der Waals surface area contributed by atoms with E-state index < -0.39 is 0 Å². The van der Waals surface area contributed by atoms with Crippen LogP contribution in [0, 0.1) is 0 Å². The predicted molar refractivity (Wildman–Crippen MR) is 140 cm³/mol. The molecule has 0 aliphatic rings. The maximum absolute atomic E-state index is 13.9. The summed E-state index contributed by atoms with van der Waals surface area (Å²) < 4.78 is 0. The summed E-state index contributed by atoms with van der Waals surface area (Å²) in [4.78, 5) is 15.8. The molecule has 0 aliphatic heterocycles. The van der Waals surface area contributed by atoms with Gasteiger partial charge in [0.05, 0.1) is 5.69 Å². The number of urea groups is 1. The molecular weight excluding hydrogens is 392 g/mol. The molecule has 0 unspecified atom stereocenters. The molecule has 0 spiro atoms. The largest absolute Gasteiger partial charge is 0.326 e. The number of rotatable bonds is 8. The Bertz CT molecular complexity index is 901. The molecule has 0 atom stereocenters. The molecule has 32 heavy (non-hydrogen) atoms. The van der Waals surface area contributed by atoms with Crippen LogP contribution in [0.4, 0.5) is 16.2 Å². The lowest BCUT2D eigenvalue weighted by molar-refractivity contribution is 0.257. The number of para-hydroxylation sites is 2. The first-order valence-corrected chi connectivity index (χ1v) is 11.9. The molecular formula is C29H42N2O. The number of hydrogen-bond donors (Lipinski definition) is 1. The molecule has 0 aromatic heterocycles. The van der Waals surface area contributed by atoms with Crippen LogP contribution in [0.2, 0.25) is 0 Å². The summed E-state index contributed by atoms with van der Waals surface area (Å²) in [5.74, 6) is 1.23. The van der Waals surface area contributed by atoms with Gasteiger partial charge in [0, 0.05) is 12.2 Å². The van der Waals surface area contributed by atoms with Crippen LogP contribution < -0.4 is 10.2 Å². The normalized spacial score (nSPS) is 11.5. The van der Waals surface area contributed by atoms with E-state index in [1.54, 1.807) is 0 Å². The summed E-state index contributed by atoms with van der Waals surface area (Å²) in [6, 6.07) is 12.6. The lowest BCUT2D eigenvalue weighted by Gasteiger charge is -2.31. The molecule has 0 fully saturated rings. The summed E-state index contributed by atoms with van der Waals surface area (Å²) in [6.07, 6.45) is 0. The van der Waals surface area contributed by atoms with Crippen LogP contribution in [0.25, 0.3) is 0 Å². The van der Waals surface area contributed by atoms with Gasteiger partial charge >= 0.3 is 6.03 Å². The van der Waals surface area contributed by atoms with E-state index in [1.165, 1.54) is 22.3 Å². The highest BCUT2D eigenvalue weighted by Crippen LogP contribution is 2.37. The Morgan fingerprint density at radius 1 is 0.781 bits per heavy atom. The number of anilines is 2. The van der Waals surface area contributed by atoms with Gasteiger partial charge in [-0.3, -0.25) is 4.90 Å². The molecule has 1 N–H and O–H groups in total. The fourth-order valence-electron chi connectivity index (χ4n) is 4.22. The minimum Gasteiger partial charge on any atom is -0.307 e. The van der Waals surface area contributed by atoms with Crippen LogP contribution in [-0.2, 0) is 0 Å². The average molecular weight is 435 g/mol. The third-order valence-electron chi connectivity index (χ3n) is 5.89. The number of benzene rings is 2. The molecule has 0 radical (unpaired) electrons. The minimum atomic E-state index is -0.0991. The highest BCUT2D eigenvalue weighted by atomic mass is 16.2. The number of hydrogen-bond acceptors (Lipinski definition) is 1. The van der Waals surface area contributed by atoms with Crippen molar-refractivity contribution >= 4 is 17.4 Å². The summed E-state index contributed by atoms with van der Waals surface area (Å²) in [5.41, 5.74) is 7.63. The van der Waals surface area contributed by atoms with Crippen LogP contribution in [0.5, 0.6) is 0 Å². The van der Waals surface area contributed by atoms with Crippen LogP contribution in [0.1, 0.15) is 108 Å². The molecule has 0 bridgehead atoms. The van der Waals surface area contributed by atoms with Gasteiger partial charge in [0.2, 0.25) is 0 Å². The topological polar surface area (TPSA) is 32.3 Å². The standard InChI is InChI=1S/C29H42N2O/c1-18(2)17-31(28-25(21(7)8)15-12-16-26(28)22(9)10)29(32)30-27-23(19(3)4)13-11-14-24(27)20(5)6/h11-16,19-22H,1,17H2,2-10H3,(H,30,32). The van der Waals surface area contributed by atoms with Gasteiger partial charge in [-0.15, -0.1) is 0 Å². The maximum Gasteiger partial charge on any atom is 0.326 e. The second-order valence-electron chi connectivity index (χ2n) is 10.2. The van der Waals surface area contributed by atoms with Crippen molar-refractivity contribution in [2.24, 2.45) is 0 Å². The maximum atomic E-state index is 13.9. The van der Waals surface area contributed by atoms with Crippen molar-refractivity contribution in [2.45, 2.75) is 86.0 Å². The van der Waals surface area contributed by atoms with E-state index >= 15 is 0 Å². The van der Waals surface area contributed by atoms with E-state index in [9.17, 15) is 4.79 Å².